The van der Waals surface area contributed by atoms with Gasteiger partial charge < -0.3 is 19.9 Å². The van der Waals surface area contributed by atoms with E-state index in [1.54, 1.807) is 13.2 Å². The highest BCUT2D eigenvalue weighted by molar-refractivity contribution is 5.76. The first-order valence-corrected chi connectivity index (χ1v) is 11.0. The molecule has 160 valence electrons. The van der Waals surface area contributed by atoms with Crippen LogP contribution in [0.2, 0.25) is 0 Å². The number of fused-ring (bicyclic) bond motifs is 1. The number of carbonyl (C=O) groups excluding carboxylic acids is 1. The smallest absolute Gasteiger partial charge is 0.220 e. The van der Waals surface area contributed by atoms with Crippen molar-refractivity contribution in [3.8, 4) is 11.5 Å². The number of rotatable bonds is 5. The van der Waals surface area contributed by atoms with E-state index in [0.29, 0.717) is 36.5 Å². The van der Waals surface area contributed by atoms with E-state index in [2.05, 4.69) is 33.0 Å². The summed E-state index contributed by atoms with van der Waals surface area (Å²) in [5.41, 5.74) is 1.16. The molecule has 5 heteroatoms. The fourth-order valence-corrected chi connectivity index (χ4v) is 6.59. The lowest BCUT2D eigenvalue weighted by Gasteiger charge is -2.53. The third-order valence-corrected chi connectivity index (χ3v) is 7.94. The Morgan fingerprint density at radius 3 is 2.79 bits per heavy atom. The molecule has 1 aliphatic heterocycles. The number of methoxy groups -OCH3 is 1. The van der Waals surface area contributed by atoms with Gasteiger partial charge in [0.1, 0.15) is 0 Å². The lowest BCUT2D eigenvalue weighted by atomic mass is 9.58. The molecule has 5 nitrogen and oxygen atoms in total. The number of aromatic hydroxyl groups is 1. The second kappa shape index (κ2) is 7.19. The minimum atomic E-state index is -0.0499. The molecule has 1 unspecified atom stereocenters. The average Bonchev–Trinajstić information content (AvgIpc) is 3.13. The molecule has 0 aromatic heterocycles. The van der Waals surface area contributed by atoms with Crippen LogP contribution in [0.3, 0.4) is 0 Å². The lowest BCUT2D eigenvalue weighted by Crippen LogP contribution is -2.59. The maximum atomic E-state index is 12.7. The van der Waals surface area contributed by atoms with Crippen molar-refractivity contribution >= 4 is 5.91 Å². The van der Waals surface area contributed by atoms with Crippen LogP contribution in [0, 0.1) is 28.6 Å². The van der Waals surface area contributed by atoms with E-state index >= 15 is 0 Å². The summed E-state index contributed by atoms with van der Waals surface area (Å²) in [5, 5.41) is 13.8. The number of phenols is 1. The summed E-state index contributed by atoms with van der Waals surface area (Å²) in [6.07, 6.45) is 3.78. The molecule has 1 amide bonds. The number of amides is 1. The van der Waals surface area contributed by atoms with Crippen molar-refractivity contribution in [2.24, 2.45) is 28.6 Å². The zero-order valence-corrected chi connectivity index (χ0v) is 18.3. The van der Waals surface area contributed by atoms with Gasteiger partial charge in [-0.2, -0.15) is 0 Å². The third-order valence-electron chi connectivity index (χ3n) is 7.94. The summed E-state index contributed by atoms with van der Waals surface area (Å²) in [6.45, 7) is 9.52. The predicted molar refractivity (Wildman–Crippen MR) is 112 cm³/mol. The van der Waals surface area contributed by atoms with Crippen LogP contribution in [0.5, 0.6) is 11.5 Å². The van der Waals surface area contributed by atoms with Gasteiger partial charge >= 0.3 is 0 Å². The van der Waals surface area contributed by atoms with Crippen molar-refractivity contribution in [2.45, 2.75) is 65.5 Å². The van der Waals surface area contributed by atoms with Crippen molar-refractivity contribution in [3.05, 3.63) is 23.8 Å². The molecule has 3 fully saturated rings. The van der Waals surface area contributed by atoms with Crippen molar-refractivity contribution in [1.82, 2.24) is 5.32 Å². The van der Waals surface area contributed by atoms with E-state index in [9.17, 15) is 9.90 Å². The number of hydrogen-bond acceptors (Lipinski definition) is 4. The molecule has 0 radical (unpaired) electrons. The fraction of sp³-hybridized carbons (Fsp3) is 0.708. The Morgan fingerprint density at radius 1 is 1.38 bits per heavy atom. The van der Waals surface area contributed by atoms with Crippen LogP contribution in [0.4, 0.5) is 0 Å². The van der Waals surface area contributed by atoms with Crippen LogP contribution >= 0.6 is 0 Å². The number of ether oxygens (including phenoxy) is 2. The molecule has 2 aliphatic carbocycles. The normalized spacial score (nSPS) is 34.8. The largest absolute Gasteiger partial charge is 0.504 e. The fourth-order valence-electron chi connectivity index (χ4n) is 6.59. The molecular formula is C24H35NO4. The van der Waals surface area contributed by atoms with Gasteiger partial charge in [0.15, 0.2) is 11.5 Å². The van der Waals surface area contributed by atoms with E-state index < -0.39 is 0 Å². The third kappa shape index (κ3) is 3.22. The summed E-state index contributed by atoms with van der Waals surface area (Å²) in [7, 11) is 1.56. The number of hydrogen-bond donors (Lipinski definition) is 2. The van der Waals surface area contributed by atoms with E-state index in [0.717, 1.165) is 24.8 Å². The van der Waals surface area contributed by atoms with Crippen LogP contribution in [0.1, 0.15) is 65.0 Å². The summed E-state index contributed by atoms with van der Waals surface area (Å²) in [5.74, 6) is 2.09. The standard InChI is InChI=1S/C24H35NO4/c1-14(2)10-20(27)25-22-23(3,4)16-12-17-21(29-9-8-24(17,22)13-16)15-6-7-19(28-5)18(26)11-15/h6-7,11,14,16-17,21-22,26H,8-10,12-13H2,1-5H3,(H,25,27)/t16-,17-,21-,22-,24?/m1/s1. The molecule has 1 spiro atoms. The maximum Gasteiger partial charge on any atom is 0.220 e. The summed E-state index contributed by atoms with van der Waals surface area (Å²) in [4.78, 5) is 12.7. The number of carbonyl (C=O) groups is 1. The van der Waals surface area contributed by atoms with E-state index in [-0.39, 0.29) is 34.6 Å². The second-order valence-electron chi connectivity index (χ2n) is 10.4. The Balaban J connectivity index is 1.64. The first kappa shape index (κ1) is 20.5. The Kier molecular flexibility index (Phi) is 5.09. The Hall–Kier alpha value is -1.75. The number of benzene rings is 1. The zero-order valence-electron chi connectivity index (χ0n) is 18.3. The Bertz CT molecular complexity index is 789. The quantitative estimate of drug-likeness (QED) is 0.765. The maximum absolute atomic E-state index is 12.7. The van der Waals surface area contributed by atoms with Gasteiger partial charge in [0, 0.05) is 19.1 Å². The molecule has 4 rings (SSSR count). The molecule has 3 aliphatic rings. The van der Waals surface area contributed by atoms with Gasteiger partial charge in [-0.3, -0.25) is 4.79 Å². The molecular weight excluding hydrogens is 366 g/mol. The highest BCUT2D eigenvalue weighted by atomic mass is 16.5. The van der Waals surface area contributed by atoms with Gasteiger partial charge in [-0.1, -0.05) is 33.8 Å². The van der Waals surface area contributed by atoms with Gasteiger partial charge in [-0.05, 0) is 65.5 Å². The van der Waals surface area contributed by atoms with Crippen molar-refractivity contribution < 1.29 is 19.4 Å². The molecule has 2 saturated carbocycles. The first-order valence-electron chi connectivity index (χ1n) is 11.0. The minimum Gasteiger partial charge on any atom is -0.504 e. The van der Waals surface area contributed by atoms with Crippen LogP contribution < -0.4 is 10.1 Å². The van der Waals surface area contributed by atoms with Crippen molar-refractivity contribution in [1.29, 1.82) is 0 Å². The van der Waals surface area contributed by atoms with Crippen molar-refractivity contribution in [2.75, 3.05) is 13.7 Å². The lowest BCUT2D eigenvalue weighted by molar-refractivity contribution is -0.137. The topological polar surface area (TPSA) is 67.8 Å². The Morgan fingerprint density at radius 2 is 2.14 bits per heavy atom. The molecule has 2 N–H and O–H groups in total. The first-order chi connectivity index (χ1) is 13.7. The average molecular weight is 402 g/mol. The second-order valence-corrected chi connectivity index (χ2v) is 10.4. The molecule has 1 aromatic rings. The monoisotopic (exact) mass is 401 g/mol. The zero-order chi connectivity index (χ0) is 21.0. The molecule has 2 bridgehead atoms. The van der Waals surface area contributed by atoms with Crippen LogP contribution in [0.25, 0.3) is 0 Å². The summed E-state index contributed by atoms with van der Waals surface area (Å²) >= 11 is 0. The van der Waals surface area contributed by atoms with E-state index in [4.69, 9.17) is 9.47 Å². The van der Waals surface area contributed by atoms with Gasteiger partial charge in [-0.25, -0.2) is 0 Å². The van der Waals surface area contributed by atoms with Crippen LogP contribution in [-0.2, 0) is 9.53 Å². The van der Waals surface area contributed by atoms with Gasteiger partial charge in [0.25, 0.3) is 0 Å². The predicted octanol–water partition coefficient (Wildman–Crippen LogP) is 4.45. The summed E-state index contributed by atoms with van der Waals surface area (Å²) in [6, 6.07) is 5.77. The highest BCUT2D eigenvalue weighted by Gasteiger charge is 2.68. The van der Waals surface area contributed by atoms with Gasteiger partial charge in [-0.15, -0.1) is 0 Å². The molecule has 1 heterocycles. The Labute approximate surface area is 174 Å². The van der Waals surface area contributed by atoms with Gasteiger partial charge in [0.05, 0.1) is 13.2 Å². The van der Waals surface area contributed by atoms with Crippen LogP contribution in [-0.4, -0.2) is 30.8 Å². The van der Waals surface area contributed by atoms with Gasteiger partial charge in [0.2, 0.25) is 5.91 Å². The SMILES string of the molecule is COc1ccc([C@H]2OCCC34C[C@@H](C[C@H]23)C(C)(C)[C@H]4NC(=O)CC(C)C)cc1O. The molecule has 1 saturated heterocycles. The highest BCUT2D eigenvalue weighted by Crippen LogP contribution is 2.70. The number of phenolic OH excluding ortho intramolecular Hbond substituents is 1. The number of nitrogens with one attached hydrogen (secondary N) is 1. The van der Waals surface area contributed by atoms with E-state index in [1.807, 2.05) is 12.1 Å². The van der Waals surface area contributed by atoms with Crippen molar-refractivity contribution in [3.63, 3.8) is 0 Å². The minimum absolute atomic E-state index is 0.0499. The van der Waals surface area contributed by atoms with Crippen LogP contribution in [0.15, 0.2) is 18.2 Å². The molecule has 29 heavy (non-hydrogen) atoms. The molecule has 5 atom stereocenters. The van der Waals surface area contributed by atoms with E-state index in [1.165, 1.54) is 0 Å². The summed E-state index contributed by atoms with van der Waals surface area (Å²) < 4.78 is 11.5. The molecule has 1 aromatic carbocycles.